The zero-order valence-corrected chi connectivity index (χ0v) is 12.9. The quantitative estimate of drug-likeness (QED) is 0.535. The number of rotatable bonds is 2. The normalized spacial score (nSPS) is 10.5. The predicted molar refractivity (Wildman–Crippen MR) is 89.8 cm³/mol. The molecule has 0 spiro atoms. The Morgan fingerprint density at radius 1 is 0.650 bits per heavy atom. The molecule has 20 heavy (non-hydrogen) atoms. The van der Waals surface area contributed by atoms with Crippen LogP contribution in [0.1, 0.15) is 5.56 Å². The van der Waals surface area contributed by atoms with Gasteiger partial charge in [-0.1, -0.05) is 76.6 Å². The molecule has 0 amide bonds. The fraction of sp³-hybridized carbons (Fsp3) is 0.0526. The molecule has 3 aromatic carbocycles. The highest BCUT2D eigenvalue weighted by molar-refractivity contribution is 9.10. The van der Waals surface area contributed by atoms with Gasteiger partial charge in [-0.25, -0.2) is 0 Å². The van der Waals surface area contributed by atoms with E-state index in [1.807, 2.05) is 0 Å². The minimum absolute atomic E-state index is 1.11. The van der Waals surface area contributed by atoms with Crippen molar-refractivity contribution in [1.29, 1.82) is 0 Å². The van der Waals surface area contributed by atoms with Crippen LogP contribution in [0.15, 0.2) is 77.3 Å². The van der Waals surface area contributed by atoms with Gasteiger partial charge in [0.15, 0.2) is 0 Å². The maximum Gasteiger partial charge on any atom is 0.0181 e. The molecule has 0 fully saturated rings. The Morgan fingerprint density at radius 3 is 1.95 bits per heavy atom. The number of hydrogen-bond acceptors (Lipinski definition) is 0. The molecule has 0 atom stereocenters. The summed E-state index contributed by atoms with van der Waals surface area (Å²) >= 11 is 3.55. The van der Waals surface area contributed by atoms with Crippen LogP contribution in [0.4, 0.5) is 0 Å². The summed E-state index contributed by atoms with van der Waals surface area (Å²) in [5.74, 6) is 0. The highest BCUT2D eigenvalue weighted by atomic mass is 79.9. The Labute approximate surface area is 128 Å². The van der Waals surface area contributed by atoms with E-state index in [-0.39, 0.29) is 0 Å². The first-order valence-electron chi connectivity index (χ1n) is 6.67. The average Bonchev–Trinajstić information content (AvgIpc) is 2.48. The first kappa shape index (κ1) is 13.1. The summed E-state index contributed by atoms with van der Waals surface area (Å²) in [5.41, 5.74) is 6.41. The van der Waals surface area contributed by atoms with Crippen molar-refractivity contribution in [3.63, 3.8) is 0 Å². The molecule has 0 radical (unpaired) electrons. The molecule has 0 nitrogen and oxygen atoms in total. The Bertz CT molecular complexity index is 730. The van der Waals surface area contributed by atoms with Crippen LogP contribution in [0.5, 0.6) is 0 Å². The minimum Gasteiger partial charge on any atom is -0.0622 e. The van der Waals surface area contributed by atoms with Gasteiger partial charge in [0.05, 0.1) is 0 Å². The molecule has 0 N–H and O–H groups in total. The van der Waals surface area contributed by atoms with E-state index in [0.717, 1.165) is 4.47 Å². The lowest BCUT2D eigenvalue weighted by molar-refractivity contribution is 1.44. The van der Waals surface area contributed by atoms with Gasteiger partial charge in [-0.15, -0.1) is 0 Å². The van der Waals surface area contributed by atoms with Crippen LogP contribution >= 0.6 is 15.9 Å². The maximum atomic E-state index is 3.55. The third-order valence-corrected chi connectivity index (χ3v) is 4.05. The highest BCUT2D eigenvalue weighted by Crippen LogP contribution is 2.32. The first-order chi connectivity index (χ1) is 9.75. The zero-order valence-electron chi connectivity index (χ0n) is 11.3. The molecule has 0 bridgehead atoms. The van der Waals surface area contributed by atoms with Gasteiger partial charge in [0, 0.05) is 4.47 Å². The second-order valence-electron chi connectivity index (χ2n) is 4.85. The summed E-state index contributed by atoms with van der Waals surface area (Å²) in [6.07, 6.45) is 0. The summed E-state index contributed by atoms with van der Waals surface area (Å²) in [5, 5.41) is 0. The van der Waals surface area contributed by atoms with Crippen LogP contribution in [0.25, 0.3) is 22.3 Å². The number of halogens is 1. The van der Waals surface area contributed by atoms with Crippen LogP contribution in [-0.2, 0) is 0 Å². The predicted octanol–water partition coefficient (Wildman–Crippen LogP) is 6.09. The minimum atomic E-state index is 1.11. The fourth-order valence-corrected chi connectivity index (χ4v) is 2.93. The van der Waals surface area contributed by atoms with Crippen molar-refractivity contribution >= 4 is 15.9 Å². The van der Waals surface area contributed by atoms with Crippen LogP contribution in [0.3, 0.4) is 0 Å². The van der Waals surface area contributed by atoms with Gasteiger partial charge in [-0.2, -0.15) is 0 Å². The Balaban J connectivity index is 2.15. The highest BCUT2D eigenvalue weighted by Gasteiger charge is 2.07. The zero-order chi connectivity index (χ0) is 13.9. The smallest absolute Gasteiger partial charge is 0.0181 e. The third kappa shape index (κ3) is 2.54. The van der Waals surface area contributed by atoms with Crippen LogP contribution in [-0.4, -0.2) is 0 Å². The number of hydrogen-bond donors (Lipinski definition) is 0. The van der Waals surface area contributed by atoms with E-state index in [2.05, 4.69) is 95.7 Å². The fourth-order valence-electron chi connectivity index (χ4n) is 2.53. The van der Waals surface area contributed by atoms with E-state index >= 15 is 0 Å². The molecule has 0 aromatic heterocycles. The molecule has 3 aromatic rings. The molecular weight excluding hydrogens is 308 g/mol. The topological polar surface area (TPSA) is 0 Å². The van der Waals surface area contributed by atoms with Gasteiger partial charge in [-0.05, 0) is 46.9 Å². The van der Waals surface area contributed by atoms with Crippen molar-refractivity contribution in [2.75, 3.05) is 0 Å². The van der Waals surface area contributed by atoms with E-state index < -0.39 is 0 Å². The Kier molecular flexibility index (Phi) is 3.70. The monoisotopic (exact) mass is 322 g/mol. The lowest BCUT2D eigenvalue weighted by Crippen LogP contribution is -1.88. The molecule has 0 unspecified atom stereocenters. The van der Waals surface area contributed by atoms with Crippen molar-refractivity contribution in [2.45, 2.75) is 6.92 Å². The van der Waals surface area contributed by atoms with Crippen LogP contribution < -0.4 is 0 Å². The molecule has 0 aliphatic carbocycles. The standard InChI is InChI=1S/C19H15Br/c1-14-18(15-7-3-2-4-8-15)11-6-12-19(14)16-9-5-10-17(20)13-16/h2-13H,1H3. The SMILES string of the molecule is Cc1c(-c2ccccc2)cccc1-c1cccc(Br)c1. The molecule has 0 saturated carbocycles. The summed E-state index contributed by atoms with van der Waals surface area (Å²) in [6.45, 7) is 2.19. The summed E-state index contributed by atoms with van der Waals surface area (Å²) in [4.78, 5) is 0. The molecule has 98 valence electrons. The van der Waals surface area contributed by atoms with Gasteiger partial charge in [0.2, 0.25) is 0 Å². The van der Waals surface area contributed by atoms with Gasteiger partial charge in [-0.3, -0.25) is 0 Å². The van der Waals surface area contributed by atoms with Crippen molar-refractivity contribution in [1.82, 2.24) is 0 Å². The largest absolute Gasteiger partial charge is 0.0622 e. The maximum absolute atomic E-state index is 3.55. The molecule has 3 rings (SSSR count). The second kappa shape index (κ2) is 5.64. The van der Waals surface area contributed by atoms with Crippen molar-refractivity contribution in [2.24, 2.45) is 0 Å². The van der Waals surface area contributed by atoms with Gasteiger partial charge < -0.3 is 0 Å². The number of benzene rings is 3. The van der Waals surface area contributed by atoms with Crippen LogP contribution in [0.2, 0.25) is 0 Å². The van der Waals surface area contributed by atoms with Gasteiger partial charge >= 0.3 is 0 Å². The van der Waals surface area contributed by atoms with Crippen molar-refractivity contribution in [3.05, 3.63) is 82.8 Å². The first-order valence-corrected chi connectivity index (χ1v) is 7.46. The third-order valence-electron chi connectivity index (χ3n) is 3.55. The van der Waals surface area contributed by atoms with Gasteiger partial charge in [0.25, 0.3) is 0 Å². The van der Waals surface area contributed by atoms with E-state index in [0.29, 0.717) is 0 Å². The Hall–Kier alpha value is -1.86. The van der Waals surface area contributed by atoms with Crippen molar-refractivity contribution in [3.8, 4) is 22.3 Å². The average molecular weight is 323 g/mol. The summed E-state index contributed by atoms with van der Waals surface area (Å²) in [7, 11) is 0. The van der Waals surface area contributed by atoms with Crippen molar-refractivity contribution < 1.29 is 0 Å². The molecule has 0 heterocycles. The summed E-state index contributed by atoms with van der Waals surface area (Å²) in [6, 6.07) is 25.5. The second-order valence-corrected chi connectivity index (χ2v) is 5.77. The van der Waals surface area contributed by atoms with Crippen LogP contribution in [0, 0.1) is 6.92 Å². The Morgan fingerprint density at radius 2 is 1.25 bits per heavy atom. The summed E-state index contributed by atoms with van der Waals surface area (Å²) < 4.78 is 1.11. The molecule has 0 saturated heterocycles. The molecule has 1 heteroatoms. The molecule has 0 aliphatic rings. The molecule has 0 aliphatic heterocycles. The lowest BCUT2D eigenvalue weighted by atomic mass is 9.93. The van der Waals surface area contributed by atoms with E-state index in [1.54, 1.807) is 0 Å². The van der Waals surface area contributed by atoms with Gasteiger partial charge in [0.1, 0.15) is 0 Å². The molecular formula is C19H15Br. The van der Waals surface area contributed by atoms with E-state index in [9.17, 15) is 0 Å². The van der Waals surface area contributed by atoms with E-state index in [1.165, 1.54) is 27.8 Å². The lowest BCUT2D eigenvalue weighted by Gasteiger charge is -2.12. The van der Waals surface area contributed by atoms with E-state index in [4.69, 9.17) is 0 Å².